The normalized spacial score (nSPS) is 11.4. The van der Waals surface area contributed by atoms with Gasteiger partial charge in [-0.1, -0.05) is 31.5 Å². The zero-order valence-corrected chi connectivity index (χ0v) is 11.5. The topological polar surface area (TPSA) is 53.1 Å². The number of hydrogen-bond acceptors (Lipinski definition) is 2. The molecular formula is C14H15N3OS. The van der Waals surface area contributed by atoms with Crippen LogP contribution >= 0.6 is 12.2 Å². The summed E-state index contributed by atoms with van der Waals surface area (Å²) in [5.41, 5.74) is 2.63. The van der Waals surface area contributed by atoms with Crippen molar-refractivity contribution in [3.05, 3.63) is 45.2 Å². The number of fused-ring (bicyclic) bond motifs is 3. The maximum Gasteiger partial charge on any atom is 0.332 e. The monoisotopic (exact) mass is 273 g/mol. The highest BCUT2D eigenvalue weighted by Gasteiger charge is 2.11. The van der Waals surface area contributed by atoms with E-state index in [1.807, 2.05) is 24.3 Å². The van der Waals surface area contributed by atoms with E-state index in [-0.39, 0.29) is 5.69 Å². The quantitative estimate of drug-likeness (QED) is 0.720. The SMILES string of the molecule is CCCCc1[nH]c(=S)n2c(=O)[nH]c3ccccc3c12. The standard InChI is InChI=1S/C14H15N3OS/c1-2-3-7-11-12-9-6-4-5-8-10(9)15-13(18)17(12)14(19)16-11/h4-6,8H,2-3,7H2,1H3,(H,15,18)(H,16,19). The Morgan fingerprint density at radius 1 is 1.26 bits per heavy atom. The van der Waals surface area contributed by atoms with Crippen LogP contribution in [0.4, 0.5) is 0 Å². The Labute approximate surface area is 115 Å². The molecule has 2 aromatic heterocycles. The minimum absolute atomic E-state index is 0.183. The van der Waals surface area contributed by atoms with Gasteiger partial charge in [0.25, 0.3) is 0 Å². The van der Waals surface area contributed by atoms with E-state index in [0.717, 1.165) is 41.4 Å². The van der Waals surface area contributed by atoms with Gasteiger partial charge in [-0.2, -0.15) is 0 Å². The zero-order valence-electron chi connectivity index (χ0n) is 10.7. The van der Waals surface area contributed by atoms with Crippen LogP contribution in [0.1, 0.15) is 25.5 Å². The van der Waals surface area contributed by atoms with E-state index >= 15 is 0 Å². The summed E-state index contributed by atoms with van der Waals surface area (Å²) in [6.07, 6.45) is 3.09. The van der Waals surface area contributed by atoms with Crippen molar-refractivity contribution in [3.8, 4) is 0 Å². The molecule has 1 aromatic carbocycles. The van der Waals surface area contributed by atoms with Gasteiger partial charge in [0.2, 0.25) is 0 Å². The zero-order chi connectivity index (χ0) is 13.4. The molecule has 0 saturated carbocycles. The van der Waals surface area contributed by atoms with Gasteiger partial charge in [0.1, 0.15) is 0 Å². The predicted octanol–water partition coefficient (Wildman–Crippen LogP) is 3.18. The van der Waals surface area contributed by atoms with Gasteiger partial charge in [0.05, 0.1) is 11.0 Å². The van der Waals surface area contributed by atoms with Crippen LogP contribution in [0.3, 0.4) is 0 Å². The van der Waals surface area contributed by atoms with Crippen LogP contribution < -0.4 is 5.69 Å². The largest absolute Gasteiger partial charge is 0.334 e. The lowest BCUT2D eigenvalue weighted by Gasteiger charge is -2.03. The highest BCUT2D eigenvalue weighted by Crippen LogP contribution is 2.21. The van der Waals surface area contributed by atoms with Gasteiger partial charge in [-0.25, -0.2) is 9.20 Å². The van der Waals surface area contributed by atoms with E-state index in [2.05, 4.69) is 16.9 Å². The Morgan fingerprint density at radius 2 is 2.05 bits per heavy atom. The molecule has 0 bridgehead atoms. The van der Waals surface area contributed by atoms with Crippen LogP contribution in [0.2, 0.25) is 0 Å². The molecule has 5 heteroatoms. The van der Waals surface area contributed by atoms with Gasteiger partial charge < -0.3 is 9.97 Å². The van der Waals surface area contributed by atoms with E-state index in [0.29, 0.717) is 4.77 Å². The number of nitrogens with zero attached hydrogens (tertiary/aromatic N) is 1. The summed E-state index contributed by atoms with van der Waals surface area (Å²) in [5.74, 6) is 0. The molecule has 0 amide bonds. The third-order valence-corrected chi connectivity index (χ3v) is 3.66. The van der Waals surface area contributed by atoms with Crippen LogP contribution in [0, 0.1) is 4.77 Å². The first-order chi connectivity index (χ1) is 9.22. The number of rotatable bonds is 3. The van der Waals surface area contributed by atoms with Crippen LogP contribution in [0.25, 0.3) is 16.4 Å². The minimum Gasteiger partial charge on any atom is -0.334 e. The molecule has 0 aliphatic rings. The summed E-state index contributed by atoms with van der Waals surface area (Å²) in [6, 6.07) is 7.82. The number of para-hydroxylation sites is 1. The minimum atomic E-state index is -0.183. The number of aromatic amines is 2. The molecule has 0 fully saturated rings. The first-order valence-electron chi connectivity index (χ1n) is 6.47. The Balaban J connectivity index is 2.46. The van der Waals surface area contributed by atoms with Crippen molar-refractivity contribution in [1.29, 1.82) is 0 Å². The van der Waals surface area contributed by atoms with Crippen LogP contribution in [0.5, 0.6) is 0 Å². The Kier molecular flexibility index (Phi) is 2.98. The average Bonchev–Trinajstić information content (AvgIpc) is 2.74. The van der Waals surface area contributed by atoms with Gasteiger partial charge in [-0.15, -0.1) is 0 Å². The summed E-state index contributed by atoms with van der Waals surface area (Å²) in [5, 5.41) is 1.03. The third-order valence-electron chi connectivity index (χ3n) is 3.38. The number of benzene rings is 1. The van der Waals surface area contributed by atoms with E-state index < -0.39 is 0 Å². The van der Waals surface area contributed by atoms with Crippen LogP contribution in [0.15, 0.2) is 29.1 Å². The molecule has 2 N–H and O–H groups in total. The highest BCUT2D eigenvalue weighted by atomic mass is 32.1. The van der Waals surface area contributed by atoms with Crippen LogP contribution in [-0.4, -0.2) is 14.4 Å². The predicted molar refractivity (Wildman–Crippen MR) is 79.3 cm³/mol. The van der Waals surface area contributed by atoms with Crippen molar-refractivity contribution in [1.82, 2.24) is 14.4 Å². The number of imidazole rings is 1. The van der Waals surface area contributed by atoms with Crippen molar-refractivity contribution in [2.24, 2.45) is 0 Å². The maximum absolute atomic E-state index is 12.1. The first-order valence-corrected chi connectivity index (χ1v) is 6.88. The van der Waals surface area contributed by atoms with Crippen LogP contribution in [-0.2, 0) is 6.42 Å². The van der Waals surface area contributed by atoms with Gasteiger partial charge in [-0.3, -0.25) is 0 Å². The number of nitrogens with one attached hydrogen (secondary N) is 2. The van der Waals surface area contributed by atoms with Gasteiger partial charge in [-0.05, 0) is 31.1 Å². The maximum atomic E-state index is 12.1. The van der Waals surface area contributed by atoms with Crippen molar-refractivity contribution in [2.75, 3.05) is 0 Å². The molecule has 3 aromatic rings. The summed E-state index contributed by atoms with van der Waals surface area (Å²) < 4.78 is 2.02. The van der Waals surface area contributed by atoms with E-state index in [1.54, 1.807) is 4.40 Å². The Bertz CT molecular complexity index is 856. The van der Waals surface area contributed by atoms with E-state index in [4.69, 9.17) is 12.2 Å². The second-order valence-corrected chi connectivity index (χ2v) is 5.06. The van der Waals surface area contributed by atoms with E-state index in [1.165, 1.54) is 0 Å². The molecule has 4 nitrogen and oxygen atoms in total. The molecular weight excluding hydrogens is 258 g/mol. The fourth-order valence-corrected chi connectivity index (χ4v) is 2.76. The lowest BCUT2D eigenvalue weighted by atomic mass is 10.1. The lowest BCUT2D eigenvalue weighted by molar-refractivity contribution is 0.784. The fraction of sp³-hybridized carbons (Fsp3) is 0.286. The summed E-state index contributed by atoms with van der Waals surface area (Å²) >= 11 is 5.26. The highest BCUT2D eigenvalue weighted by molar-refractivity contribution is 7.71. The number of H-pyrrole nitrogens is 2. The average molecular weight is 273 g/mol. The molecule has 3 rings (SSSR count). The van der Waals surface area contributed by atoms with Crippen molar-refractivity contribution in [3.63, 3.8) is 0 Å². The molecule has 0 aliphatic carbocycles. The lowest BCUT2D eigenvalue weighted by Crippen LogP contribution is -2.16. The number of hydrogen-bond donors (Lipinski definition) is 2. The molecule has 98 valence electrons. The summed E-state index contributed by atoms with van der Waals surface area (Å²) in [6.45, 7) is 2.15. The molecule has 2 heterocycles. The van der Waals surface area contributed by atoms with Gasteiger partial charge in [0.15, 0.2) is 4.77 Å². The second kappa shape index (κ2) is 4.66. The molecule has 0 atom stereocenters. The second-order valence-electron chi connectivity index (χ2n) is 4.67. The number of aryl methyl sites for hydroxylation is 1. The van der Waals surface area contributed by atoms with Gasteiger partial charge >= 0.3 is 5.69 Å². The fourth-order valence-electron chi connectivity index (χ4n) is 2.46. The molecule has 19 heavy (non-hydrogen) atoms. The summed E-state index contributed by atoms with van der Waals surface area (Å²) in [4.78, 5) is 18.2. The van der Waals surface area contributed by atoms with Gasteiger partial charge in [0, 0.05) is 11.1 Å². The van der Waals surface area contributed by atoms with Crippen molar-refractivity contribution < 1.29 is 0 Å². The molecule has 0 radical (unpaired) electrons. The first kappa shape index (κ1) is 12.2. The Morgan fingerprint density at radius 3 is 2.84 bits per heavy atom. The third kappa shape index (κ3) is 1.90. The molecule has 0 spiro atoms. The molecule has 0 unspecified atom stereocenters. The summed E-state index contributed by atoms with van der Waals surface area (Å²) in [7, 11) is 0. The van der Waals surface area contributed by atoms with E-state index in [9.17, 15) is 4.79 Å². The molecule has 0 aliphatic heterocycles. The molecule has 0 saturated heterocycles. The number of aromatic nitrogens is 3. The van der Waals surface area contributed by atoms with Crippen molar-refractivity contribution in [2.45, 2.75) is 26.2 Å². The Hall–Kier alpha value is -1.88. The number of unbranched alkanes of at least 4 members (excludes halogenated alkanes) is 1. The smallest absolute Gasteiger partial charge is 0.332 e. The van der Waals surface area contributed by atoms with Crippen molar-refractivity contribution >= 4 is 28.6 Å².